The van der Waals surface area contributed by atoms with Gasteiger partial charge in [0.25, 0.3) is 0 Å². The van der Waals surface area contributed by atoms with Gasteiger partial charge in [-0.3, -0.25) is 9.48 Å². The molecule has 0 atom stereocenters. The summed E-state index contributed by atoms with van der Waals surface area (Å²) in [5.74, 6) is 0.273. The predicted octanol–water partition coefficient (Wildman–Crippen LogP) is 4.02. The molecular weight excluding hydrogens is 310 g/mol. The molecule has 1 aliphatic rings. The van der Waals surface area contributed by atoms with Gasteiger partial charge in [-0.25, -0.2) is 0 Å². The first kappa shape index (κ1) is 17.7. The molecule has 4 nitrogen and oxygen atoms in total. The Morgan fingerprint density at radius 1 is 1.24 bits per heavy atom. The monoisotopic (exact) mass is 339 g/mol. The molecule has 0 spiro atoms. The average Bonchev–Trinajstić information content (AvgIpc) is 3.03. The van der Waals surface area contributed by atoms with E-state index in [2.05, 4.69) is 41.2 Å². The van der Waals surface area contributed by atoms with E-state index >= 15 is 0 Å². The minimum atomic E-state index is 0.273. The van der Waals surface area contributed by atoms with E-state index in [4.69, 9.17) is 0 Å². The van der Waals surface area contributed by atoms with Crippen LogP contribution in [-0.2, 0) is 24.8 Å². The van der Waals surface area contributed by atoms with E-state index in [0.717, 1.165) is 31.5 Å². The zero-order chi connectivity index (χ0) is 17.6. The minimum absolute atomic E-state index is 0.273. The summed E-state index contributed by atoms with van der Waals surface area (Å²) in [7, 11) is 1.94. The van der Waals surface area contributed by atoms with Crippen molar-refractivity contribution in [3.05, 3.63) is 53.3 Å². The van der Waals surface area contributed by atoms with Crippen molar-refractivity contribution < 1.29 is 4.79 Å². The predicted molar refractivity (Wildman–Crippen MR) is 100 cm³/mol. The molecule has 2 aromatic rings. The summed E-state index contributed by atoms with van der Waals surface area (Å²) in [5.41, 5.74) is 3.61. The summed E-state index contributed by atoms with van der Waals surface area (Å²) in [5, 5.41) is 4.20. The molecule has 0 aliphatic heterocycles. The molecule has 1 amide bonds. The van der Waals surface area contributed by atoms with Crippen LogP contribution >= 0.6 is 0 Å². The van der Waals surface area contributed by atoms with Crippen molar-refractivity contribution in [3.63, 3.8) is 0 Å². The van der Waals surface area contributed by atoms with Gasteiger partial charge in [0.1, 0.15) is 0 Å². The van der Waals surface area contributed by atoms with Crippen molar-refractivity contribution in [1.29, 1.82) is 0 Å². The molecule has 0 N–H and O–H groups in total. The number of hydrogen-bond acceptors (Lipinski definition) is 2. The number of aryl methyl sites for hydroxylation is 3. The van der Waals surface area contributed by atoms with Crippen LogP contribution in [0.2, 0.25) is 0 Å². The van der Waals surface area contributed by atoms with Crippen LogP contribution in [0.15, 0.2) is 36.5 Å². The quantitative estimate of drug-likeness (QED) is 0.797. The lowest BCUT2D eigenvalue weighted by Gasteiger charge is -2.35. The van der Waals surface area contributed by atoms with E-state index in [1.165, 1.54) is 30.4 Å². The van der Waals surface area contributed by atoms with E-state index in [9.17, 15) is 4.79 Å². The van der Waals surface area contributed by atoms with Gasteiger partial charge in [-0.05, 0) is 37.8 Å². The molecule has 1 aromatic heterocycles. The van der Waals surface area contributed by atoms with Crippen LogP contribution in [0.3, 0.4) is 0 Å². The molecule has 1 aromatic carbocycles. The highest BCUT2D eigenvalue weighted by atomic mass is 16.2. The lowest BCUT2D eigenvalue weighted by Crippen LogP contribution is -2.41. The third-order valence-corrected chi connectivity index (χ3v) is 5.29. The molecule has 1 aliphatic carbocycles. The molecule has 3 rings (SSSR count). The Kier molecular flexibility index (Phi) is 5.90. The largest absolute Gasteiger partial charge is 0.335 e. The maximum atomic E-state index is 13.0. The smallest absolute Gasteiger partial charge is 0.223 e. The summed E-state index contributed by atoms with van der Waals surface area (Å²) in [6.07, 6.45) is 9.18. The van der Waals surface area contributed by atoms with Gasteiger partial charge in [0.2, 0.25) is 5.91 Å². The number of aromatic nitrogens is 2. The topological polar surface area (TPSA) is 38.1 Å². The summed E-state index contributed by atoms with van der Waals surface area (Å²) in [6.45, 7) is 2.84. The van der Waals surface area contributed by atoms with Crippen LogP contribution in [0.4, 0.5) is 0 Å². The van der Waals surface area contributed by atoms with Gasteiger partial charge in [0.05, 0.1) is 0 Å². The number of nitrogens with zero attached hydrogens (tertiary/aromatic N) is 3. The normalized spacial score (nSPS) is 15.3. The fraction of sp³-hybridized carbons (Fsp3) is 0.524. The summed E-state index contributed by atoms with van der Waals surface area (Å²) >= 11 is 0. The van der Waals surface area contributed by atoms with Gasteiger partial charge in [0, 0.05) is 37.9 Å². The Hall–Kier alpha value is -2.10. The second kappa shape index (κ2) is 8.32. The highest BCUT2D eigenvalue weighted by molar-refractivity contribution is 5.76. The Labute approximate surface area is 150 Å². The second-order valence-corrected chi connectivity index (χ2v) is 7.25. The van der Waals surface area contributed by atoms with Crippen molar-refractivity contribution in [2.45, 2.75) is 64.5 Å². The highest BCUT2D eigenvalue weighted by Gasteiger charge is 2.25. The van der Waals surface area contributed by atoms with Gasteiger partial charge in [-0.15, -0.1) is 0 Å². The van der Waals surface area contributed by atoms with Gasteiger partial charge in [0.15, 0.2) is 0 Å². The van der Waals surface area contributed by atoms with Crippen LogP contribution in [0.5, 0.6) is 0 Å². The lowest BCUT2D eigenvalue weighted by molar-refractivity contribution is -0.135. The fourth-order valence-corrected chi connectivity index (χ4v) is 3.85. The number of carbonyl (C=O) groups excluding carboxylic acids is 1. The van der Waals surface area contributed by atoms with Crippen molar-refractivity contribution in [2.24, 2.45) is 7.05 Å². The first-order valence-electron chi connectivity index (χ1n) is 9.45. The zero-order valence-corrected chi connectivity index (χ0v) is 15.4. The van der Waals surface area contributed by atoms with E-state index in [-0.39, 0.29) is 5.91 Å². The molecule has 134 valence electrons. The summed E-state index contributed by atoms with van der Waals surface area (Å²) in [4.78, 5) is 15.2. The summed E-state index contributed by atoms with van der Waals surface area (Å²) < 4.78 is 1.86. The van der Waals surface area contributed by atoms with Crippen LogP contribution in [0.25, 0.3) is 0 Å². The number of hydrogen-bond donors (Lipinski definition) is 0. The molecular formula is C21H29N3O. The first-order chi connectivity index (χ1) is 12.1. The van der Waals surface area contributed by atoms with E-state index in [1.54, 1.807) is 6.20 Å². The van der Waals surface area contributed by atoms with Gasteiger partial charge < -0.3 is 4.90 Å². The van der Waals surface area contributed by atoms with Crippen LogP contribution in [-0.4, -0.2) is 26.6 Å². The van der Waals surface area contributed by atoms with Gasteiger partial charge in [-0.1, -0.05) is 49.1 Å². The van der Waals surface area contributed by atoms with E-state index < -0.39 is 0 Å². The maximum Gasteiger partial charge on any atom is 0.223 e. The highest BCUT2D eigenvalue weighted by Crippen LogP contribution is 2.25. The van der Waals surface area contributed by atoms with Crippen LogP contribution in [0, 0.1) is 6.92 Å². The third kappa shape index (κ3) is 4.71. The molecule has 1 saturated carbocycles. The van der Waals surface area contributed by atoms with Crippen molar-refractivity contribution in [1.82, 2.24) is 14.7 Å². The van der Waals surface area contributed by atoms with Crippen LogP contribution < -0.4 is 0 Å². The SMILES string of the molecule is Cc1cccc(CN(C(=O)CCc2ccnn2C)C2CCCCC2)c1. The van der Waals surface area contributed by atoms with Gasteiger partial charge >= 0.3 is 0 Å². The molecule has 0 unspecified atom stereocenters. The lowest BCUT2D eigenvalue weighted by atomic mass is 9.93. The number of carbonyl (C=O) groups is 1. The number of rotatable bonds is 6. The minimum Gasteiger partial charge on any atom is -0.335 e. The molecule has 1 heterocycles. The Morgan fingerprint density at radius 3 is 2.72 bits per heavy atom. The Morgan fingerprint density at radius 2 is 2.04 bits per heavy atom. The molecule has 25 heavy (non-hydrogen) atoms. The van der Waals surface area contributed by atoms with Gasteiger partial charge in [-0.2, -0.15) is 5.10 Å². The molecule has 4 heteroatoms. The maximum absolute atomic E-state index is 13.0. The molecule has 0 bridgehead atoms. The number of benzene rings is 1. The summed E-state index contributed by atoms with van der Waals surface area (Å²) in [6, 6.07) is 10.9. The molecule has 0 radical (unpaired) electrons. The molecule has 0 saturated heterocycles. The number of amides is 1. The Bertz CT molecular complexity index is 701. The van der Waals surface area contributed by atoms with Crippen LogP contribution in [0.1, 0.15) is 55.3 Å². The third-order valence-electron chi connectivity index (χ3n) is 5.29. The standard InChI is InChI=1S/C21H29N3O/c1-17-7-6-8-18(15-17)16-24(20-9-4-3-5-10-20)21(25)12-11-19-13-14-22-23(19)2/h6-8,13-15,20H,3-5,9-12,16H2,1-2H3. The Balaban J connectivity index is 1.70. The first-order valence-corrected chi connectivity index (χ1v) is 9.45. The average molecular weight is 339 g/mol. The van der Waals surface area contributed by atoms with E-state index in [0.29, 0.717) is 12.5 Å². The second-order valence-electron chi connectivity index (χ2n) is 7.25. The van der Waals surface area contributed by atoms with Crippen molar-refractivity contribution in [2.75, 3.05) is 0 Å². The van der Waals surface area contributed by atoms with Crippen molar-refractivity contribution >= 4 is 5.91 Å². The fourth-order valence-electron chi connectivity index (χ4n) is 3.85. The van der Waals surface area contributed by atoms with Crippen molar-refractivity contribution in [3.8, 4) is 0 Å². The van der Waals surface area contributed by atoms with E-state index in [1.807, 2.05) is 17.8 Å². The molecule has 1 fully saturated rings. The zero-order valence-electron chi connectivity index (χ0n) is 15.4.